The molecule has 1 aromatic heterocycles. The first kappa shape index (κ1) is 24.4. The fraction of sp³-hybridized carbons (Fsp3) is 0.500. The van der Waals surface area contributed by atoms with E-state index in [2.05, 4.69) is 32.0 Å². The molecule has 0 saturated carbocycles. The van der Waals surface area contributed by atoms with E-state index in [1.54, 1.807) is 13.2 Å². The summed E-state index contributed by atoms with van der Waals surface area (Å²) in [5, 5.41) is 3.29. The van der Waals surface area contributed by atoms with Gasteiger partial charge in [0.1, 0.15) is 11.9 Å². The third-order valence-electron chi connectivity index (χ3n) is 5.25. The fourth-order valence-corrected chi connectivity index (χ4v) is 3.45. The Hall–Kier alpha value is -1.82. The van der Waals surface area contributed by atoms with Gasteiger partial charge in [-0.05, 0) is 12.5 Å². The largest absolute Gasteiger partial charge is 0.403 e. The molecule has 3 rings (SSSR count). The van der Waals surface area contributed by atoms with Crippen LogP contribution in [0.2, 0.25) is 0 Å². The molecule has 1 aromatic carbocycles. The van der Waals surface area contributed by atoms with Crippen LogP contribution in [-0.2, 0) is 13.1 Å². The Bertz CT molecular complexity index is 800. The van der Waals surface area contributed by atoms with Gasteiger partial charge in [0, 0.05) is 52.2 Å². The number of hydrogen-bond acceptors (Lipinski definition) is 3. The molecule has 0 amide bonds. The molecular weight excluding hydrogens is 508 g/mol. The molecule has 0 radical (unpaired) electrons. The zero-order valence-corrected chi connectivity index (χ0v) is 19.5. The maximum absolute atomic E-state index is 12.9. The summed E-state index contributed by atoms with van der Waals surface area (Å²) < 4.78 is 40.8. The van der Waals surface area contributed by atoms with Gasteiger partial charge in [0.05, 0.1) is 6.54 Å². The zero-order valence-electron chi connectivity index (χ0n) is 17.1. The number of imidazole rings is 1. The minimum atomic E-state index is -4.20. The molecule has 6 nitrogen and oxygen atoms in total. The number of benzene rings is 1. The second kappa shape index (κ2) is 11.0. The van der Waals surface area contributed by atoms with E-state index in [9.17, 15) is 13.2 Å². The molecule has 2 aromatic rings. The highest BCUT2D eigenvalue weighted by molar-refractivity contribution is 14.0. The number of piperazine rings is 1. The number of halogens is 4. The summed E-state index contributed by atoms with van der Waals surface area (Å²) in [7, 11) is 1.68. The molecule has 0 aliphatic carbocycles. The summed E-state index contributed by atoms with van der Waals surface area (Å²) in [6.07, 6.45) is -0.498. The van der Waals surface area contributed by atoms with Crippen molar-refractivity contribution in [3.63, 3.8) is 0 Å². The predicted molar refractivity (Wildman–Crippen MR) is 122 cm³/mol. The highest BCUT2D eigenvalue weighted by atomic mass is 127. The number of nitrogens with zero attached hydrogens (tertiary/aromatic N) is 5. The van der Waals surface area contributed by atoms with Crippen molar-refractivity contribution in [3.05, 3.63) is 54.1 Å². The molecule has 1 saturated heterocycles. The maximum Gasteiger partial charge on any atom is 0.403 e. The van der Waals surface area contributed by atoms with Gasteiger partial charge in [0.2, 0.25) is 0 Å². The zero-order chi connectivity index (χ0) is 20.9. The van der Waals surface area contributed by atoms with E-state index < -0.39 is 12.2 Å². The van der Waals surface area contributed by atoms with Gasteiger partial charge in [0.15, 0.2) is 5.96 Å². The van der Waals surface area contributed by atoms with Crippen molar-refractivity contribution < 1.29 is 13.2 Å². The van der Waals surface area contributed by atoms with Crippen molar-refractivity contribution in [1.82, 2.24) is 24.7 Å². The summed E-state index contributed by atoms with van der Waals surface area (Å²) in [4.78, 5) is 12.2. The van der Waals surface area contributed by atoms with Crippen LogP contribution in [0.25, 0.3) is 0 Å². The molecule has 1 aliphatic rings. The van der Waals surface area contributed by atoms with E-state index >= 15 is 0 Å². The Morgan fingerprint density at radius 2 is 1.83 bits per heavy atom. The van der Waals surface area contributed by atoms with Crippen LogP contribution in [0.5, 0.6) is 0 Å². The van der Waals surface area contributed by atoms with Crippen LogP contribution in [0.4, 0.5) is 13.2 Å². The predicted octanol–water partition coefficient (Wildman–Crippen LogP) is 3.19. The van der Waals surface area contributed by atoms with Crippen LogP contribution in [0.15, 0.2) is 47.7 Å². The standard InChI is InChI=1S/C20H27F3N6.HI/c1-16(20(21,22)23)27-10-12-28(13-11-27)19(24-2)26-14-18-25-8-9-29(18)15-17-6-4-3-5-7-17;/h3-9,16H,10-15H2,1-2H3,(H,24,26);1H. The third-order valence-corrected chi connectivity index (χ3v) is 5.25. The second-order valence-electron chi connectivity index (χ2n) is 7.10. The Balaban J connectivity index is 0.00000320. The van der Waals surface area contributed by atoms with Gasteiger partial charge >= 0.3 is 6.18 Å². The van der Waals surface area contributed by atoms with Crippen LogP contribution in [0, 0.1) is 0 Å². The van der Waals surface area contributed by atoms with E-state index in [1.807, 2.05) is 29.3 Å². The Morgan fingerprint density at radius 3 is 2.43 bits per heavy atom. The minimum Gasteiger partial charge on any atom is -0.349 e. The van der Waals surface area contributed by atoms with Crippen molar-refractivity contribution >= 4 is 29.9 Å². The number of alkyl halides is 3. The number of nitrogens with one attached hydrogen (secondary N) is 1. The Kier molecular flexibility index (Phi) is 8.95. The average Bonchev–Trinajstić information content (AvgIpc) is 3.15. The van der Waals surface area contributed by atoms with Gasteiger partial charge in [-0.15, -0.1) is 24.0 Å². The molecule has 1 fully saturated rings. The SMILES string of the molecule is CN=C(NCc1nccn1Cc1ccccc1)N1CCN(C(C)C(F)(F)F)CC1.I. The van der Waals surface area contributed by atoms with E-state index in [0.29, 0.717) is 38.7 Å². The maximum atomic E-state index is 12.9. The minimum absolute atomic E-state index is 0. The summed E-state index contributed by atoms with van der Waals surface area (Å²) in [6, 6.07) is 8.70. The lowest BCUT2D eigenvalue weighted by Crippen LogP contribution is -2.56. The van der Waals surface area contributed by atoms with Gasteiger partial charge in [-0.25, -0.2) is 4.98 Å². The van der Waals surface area contributed by atoms with Gasteiger partial charge in [-0.1, -0.05) is 30.3 Å². The molecule has 30 heavy (non-hydrogen) atoms. The van der Waals surface area contributed by atoms with Crippen LogP contribution in [0.3, 0.4) is 0 Å². The number of aliphatic imine (C=N–C) groups is 1. The number of guanidine groups is 1. The summed E-state index contributed by atoms with van der Waals surface area (Å²) in [6.45, 7) is 4.14. The van der Waals surface area contributed by atoms with Crippen molar-refractivity contribution in [2.24, 2.45) is 4.99 Å². The normalized spacial score (nSPS) is 16.8. The first-order valence-corrected chi connectivity index (χ1v) is 9.69. The lowest BCUT2D eigenvalue weighted by Gasteiger charge is -2.39. The summed E-state index contributed by atoms with van der Waals surface area (Å²) in [5.41, 5.74) is 1.19. The molecular formula is C20H28F3IN6. The van der Waals surface area contributed by atoms with Gasteiger partial charge in [-0.2, -0.15) is 13.2 Å². The third kappa shape index (κ3) is 6.34. The second-order valence-corrected chi connectivity index (χ2v) is 7.10. The van der Waals surface area contributed by atoms with Crippen LogP contribution < -0.4 is 5.32 Å². The Morgan fingerprint density at radius 1 is 1.17 bits per heavy atom. The summed E-state index contributed by atoms with van der Waals surface area (Å²) >= 11 is 0. The topological polar surface area (TPSA) is 48.7 Å². The van der Waals surface area contributed by atoms with Gasteiger partial charge < -0.3 is 14.8 Å². The molecule has 0 bridgehead atoms. The van der Waals surface area contributed by atoms with Crippen LogP contribution in [-0.4, -0.2) is 70.8 Å². The molecule has 1 unspecified atom stereocenters. The molecule has 1 aliphatic heterocycles. The highest BCUT2D eigenvalue weighted by Gasteiger charge is 2.41. The van der Waals surface area contributed by atoms with E-state index in [-0.39, 0.29) is 24.0 Å². The van der Waals surface area contributed by atoms with E-state index in [0.717, 1.165) is 12.4 Å². The average molecular weight is 536 g/mol. The molecule has 1 N–H and O–H groups in total. The monoisotopic (exact) mass is 536 g/mol. The first-order chi connectivity index (χ1) is 13.9. The lowest BCUT2D eigenvalue weighted by atomic mass is 10.2. The van der Waals surface area contributed by atoms with Crippen molar-refractivity contribution in [1.29, 1.82) is 0 Å². The Labute approximate surface area is 192 Å². The first-order valence-electron chi connectivity index (χ1n) is 9.69. The van der Waals surface area contributed by atoms with E-state index in [4.69, 9.17) is 0 Å². The van der Waals surface area contributed by atoms with Gasteiger partial charge in [-0.3, -0.25) is 9.89 Å². The molecule has 0 spiro atoms. The van der Waals surface area contributed by atoms with Crippen LogP contribution in [0.1, 0.15) is 18.3 Å². The van der Waals surface area contributed by atoms with Crippen molar-refractivity contribution in [2.45, 2.75) is 32.2 Å². The smallest absolute Gasteiger partial charge is 0.349 e. The summed E-state index contributed by atoms with van der Waals surface area (Å²) in [5.74, 6) is 1.55. The van der Waals surface area contributed by atoms with Gasteiger partial charge in [0.25, 0.3) is 0 Å². The quantitative estimate of drug-likeness (QED) is 0.363. The number of aromatic nitrogens is 2. The van der Waals surface area contributed by atoms with Crippen LogP contribution >= 0.6 is 24.0 Å². The molecule has 2 heterocycles. The number of rotatable bonds is 5. The van der Waals surface area contributed by atoms with Crippen molar-refractivity contribution in [3.8, 4) is 0 Å². The lowest BCUT2D eigenvalue weighted by molar-refractivity contribution is -0.181. The number of hydrogen-bond donors (Lipinski definition) is 1. The fourth-order valence-electron chi connectivity index (χ4n) is 3.45. The molecule has 1 atom stereocenters. The molecule has 10 heteroatoms. The molecule has 166 valence electrons. The highest BCUT2D eigenvalue weighted by Crippen LogP contribution is 2.25. The van der Waals surface area contributed by atoms with E-state index in [1.165, 1.54) is 17.4 Å². The van der Waals surface area contributed by atoms with Crippen molar-refractivity contribution in [2.75, 3.05) is 33.2 Å².